The first-order valence-corrected chi connectivity index (χ1v) is 12.4. The highest BCUT2D eigenvalue weighted by atomic mass is 32.1. The zero-order chi connectivity index (χ0) is 22.2. The van der Waals surface area contributed by atoms with E-state index in [2.05, 4.69) is 27.0 Å². The Labute approximate surface area is 195 Å². The van der Waals surface area contributed by atoms with Gasteiger partial charge in [0.15, 0.2) is 5.75 Å². The molecule has 4 aromatic rings. The average molecular weight is 468 g/mol. The van der Waals surface area contributed by atoms with Gasteiger partial charge in [0.25, 0.3) is 0 Å². The van der Waals surface area contributed by atoms with Crippen LogP contribution in [0.2, 0.25) is 0 Å². The second kappa shape index (κ2) is 8.87. The number of hydrogen-bond acceptors (Lipinski definition) is 6. The van der Waals surface area contributed by atoms with Crippen molar-refractivity contribution in [3.63, 3.8) is 0 Å². The first-order chi connectivity index (χ1) is 16.3. The third kappa shape index (κ3) is 4.27. The van der Waals surface area contributed by atoms with Crippen LogP contribution in [0.1, 0.15) is 49.8 Å². The normalized spacial score (nSPS) is 17.1. The highest BCUT2D eigenvalue weighted by molar-refractivity contribution is 7.22. The highest BCUT2D eigenvalue weighted by Gasteiger charge is 2.30. The van der Waals surface area contributed by atoms with E-state index in [0.29, 0.717) is 24.9 Å². The van der Waals surface area contributed by atoms with Gasteiger partial charge in [0.2, 0.25) is 0 Å². The van der Waals surface area contributed by atoms with Crippen molar-refractivity contribution in [2.24, 2.45) is 0 Å². The second-order valence-electron chi connectivity index (χ2n) is 8.75. The maximum absolute atomic E-state index is 12.5. The Morgan fingerprint density at radius 3 is 2.85 bits per heavy atom. The van der Waals surface area contributed by atoms with Crippen molar-refractivity contribution in [3.8, 4) is 21.9 Å². The van der Waals surface area contributed by atoms with E-state index in [-0.39, 0.29) is 6.67 Å². The lowest BCUT2D eigenvalue weighted by Gasteiger charge is -2.21. The molecule has 6 rings (SSSR count). The van der Waals surface area contributed by atoms with E-state index >= 15 is 0 Å². The molecule has 2 fully saturated rings. The Morgan fingerprint density at radius 1 is 1.15 bits per heavy atom. The third-order valence-corrected chi connectivity index (χ3v) is 7.48. The lowest BCUT2D eigenvalue weighted by Crippen LogP contribution is -2.15. The molecule has 172 valence electrons. The summed E-state index contributed by atoms with van der Waals surface area (Å²) in [5.74, 6) is 2.00. The molecule has 2 aliphatic rings. The van der Waals surface area contributed by atoms with Crippen LogP contribution in [0, 0.1) is 0 Å². The van der Waals surface area contributed by atoms with Crippen LogP contribution < -0.4 is 4.74 Å². The number of fused-ring (bicyclic) bond motifs is 1. The smallest absolute Gasteiger partial charge is 0.168 e. The molecule has 33 heavy (non-hydrogen) atoms. The van der Waals surface area contributed by atoms with Crippen molar-refractivity contribution in [2.75, 3.05) is 19.9 Å². The van der Waals surface area contributed by atoms with Crippen LogP contribution in [-0.2, 0) is 11.3 Å². The van der Waals surface area contributed by atoms with Gasteiger partial charge in [0, 0.05) is 54.6 Å². The zero-order valence-corrected chi connectivity index (χ0v) is 19.1. The summed E-state index contributed by atoms with van der Waals surface area (Å²) in [7, 11) is 0. The number of ether oxygens (including phenoxy) is 2. The summed E-state index contributed by atoms with van der Waals surface area (Å²) in [5, 5.41) is 9.30. The quantitative estimate of drug-likeness (QED) is 0.331. The number of nitrogens with zero attached hydrogens (tertiary/aromatic N) is 5. The predicted octanol–water partition coefficient (Wildman–Crippen LogP) is 5.74. The van der Waals surface area contributed by atoms with Crippen molar-refractivity contribution in [2.45, 2.75) is 50.6 Å². The molecule has 5 heterocycles. The van der Waals surface area contributed by atoms with Crippen molar-refractivity contribution < 1.29 is 13.9 Å². The first kappa shape index (κ1) is 20.8. The van der Waals surface area contributed by atoms with Crippen LogP contribution in [0.25, 0.3) is 20.7 Å². The van der Waals surface area contributed by atoms with Crippen molar-refractivity contribution >= 4 is 21.6 Å². The van der Waals surface area contributed by atoms with Gasteiger partial charge in [-0.3, -0.25) is 18.7 Å². The van der Waals surface area contributed by atoms with Crippen LogP contribution in [0.3, 0.4) is 0 Å². The molecule has 0 atom stereocenters. The van der Waals surface area contributed by atoms with Crippen molar-refractivity contribution in [1.82, 2.24) is 24.5 Å². The molecular weight excluding hydrogens is 441 g/mol. The van der Waals surface area contributed by atoms with E-state index in [4.69, 9.17) is 14.6 Å². The summed E-state index contributed by atoms with van der Waals surface area (Å²) >= 11 is 1.64. The number of hydrogen-bond donors (Lipinski definition) is 0. The van der Waals surface area contributed by atoms with E-state index in [0.717, 1.165) is 63.9 Å². The maximum atomic E-state index is 12.5. The third-order valence-electron chi connectivity index (χ3n) is 6.29. The largest absolute Gasteiger partial charge is 0.452 e. The van der Waals surface area contributed by atoms with E-state index in [1.54, 1.807) is 22.2 Å². The van der Waals surface area contributed by atoms with Crippen molar-refractivity contribution in [1.29, 1.82) is 0 Å². The number of rotatable bonds is 8. The van der Waals surface area contributed by atoms with Crippen LogP contribution in [0.5, 0.6) is 11.5 Å². The van der Waals surface area contributed by atoms with Gasteiger partial charge >= 0.3 is 0 Å². The SMILES string of the molecule is FCCCn1cc(-c2cc3nccc(Oc4cn(C5CC5)nc4C4CCOCC4)c3s2)cn1. The number of thiophene rings is 1. The topological polar surface area (TPSA) is 67.0 Å². The molecule has 1 saturated carbocycles. The average Bonchev–Trinajstić information content (AvgIpc) is 3.24. The molecule has 4 aromatic heterocycles. The summed E-state index contributed by atoms with van der Waals surface area (Å²) in [6, 6.07) is 4.49. The molecule has 0 radical (unpaired) electrons. The molecule has 0 aromatic carbocycles. The molecule has 1 saturated heterocycles. The summed E-state index contributed by atoms with van der Waals surface area (Å²) in [6.07, 6.45) is 12.4. The first-order valence-electron chi connectivity index (χ1n) is 11.6. The number of alkyl halides is 1. The lowest BCUT2D eigenvalue weighted by molar-refractivity contribution is 0.0839. The predicted molar refractivity (Wildman–Crippen MR) is 125 cm³/mol. The van der Waals surface area contributed by atoms with Crippen LogP contribution >= 0.6 is 11.3 Å². The van der Waals surface area contributed by atoms with Crippen molar-refractivity contribution in [3.05, 3.63) is 42.6 Å². The molecule has 7 nitrogen and oxygen atoms in total. The highest BCUT2D eigenvalue weighted by Crippen LogP contribution is 2.43. The minimum atomic E-state index is -0.337. The van der Waals surface area contributed by atoms with Gasteiger partial charge in [0.1, 0.15) is 11.4 Å². The molecule has 0 unspecified atom stereocenters. The summed E-state index contributed by atoms with van der Waals surface area (Å²) < 4.78 is 29.5. The molecule has 1 aliphatic heterocycles. The summed E-state index contributed by atoms with van der Waals surface area (Å²) in [4.78, 5) is 5.63. The van der Waals surface area contributed by atoms with Gasteiger partial charge in [-0.05, 0) is 38.2 Å². The fourth-order valence-corrected chi connectivity index (χ4v) is 5.38. The van der Waals surface area contributed by atoms with E-state index in [1.165, 1.54) is 12.8 Å². The van der Waals surface area contributed by atoms with Gasteiger partial charge in [0.05, 0.1) is 35.3 Å². The van der Waals surface area contributed by atoms with Gasteiger partial charge in [-0.25, -0.2) is 0 Å². The van der Waals surface area contributed by atoms with Gasteiger partial charge in [-0.15, -0.1) is 11.3 Å². The summed E-state index contributed by atoms with van der Waals surface area (Å²) in [6.45, 7) is 1.78. The van der Waals surface area contributed by atoms with Crippen LogP contribution in [-0.4, -0.2) is 44.4 Å². The van der Waals surface area contributed by atoms with Gasteiger partial charge < -0.3 is 9.47 Å². The lowest BCUT2D eigenvalue weighted by atomic mass is 9.96. The maximum Gasteiger partial charge on any atom is 0.168 e. The van der Waals surface area contributed by atoms with Crippen LogP contribution in [0.15, 0.2) is 36.9 Å². The van der Waals surface area contributed by atoms with E-state index in [9.17, 15) is 4.39 Å². The fraction of sp³-hybridized carbons (Fsp3) is 0.458. The molecule has 0 bridgehead atoms. The van der Waals surface area contributed by atoms with Crippen LogP contribution in [0.4, 0.5) is 4.39 Å². The number of pyridine rings is 1. The zero-order valence-electron chi connectivity index (χ0n) is 18.3. The minimum absolute atomic E-state index is 0.337. The standard InChI is InChI=1S/C24H26FN5O2S/c25-7-1-9-29-14-17(13-27-29)22-12-19-24(33-22)20(4-8-26-19)32-21-15-30(18-2-3-18)28-23(21)16-5-10-31-11-6-16/h4,8,12-16,18H,1-3,5-7,9-11H2. The van der Waals surface area contributed by atoms with E-state index in [1.807, 2.05) is 18.5 Å². The number of aryl methyl sites for hydroxylation is 1. The monoisotopic (exact) mass is 467 g/mol. The number of aromatic nitrogens is 5. The fourth-order valence-electron chi connectivity index (χ4n) is 4.34. The molecule has 9 heteroatoms. The molecule has 0 N–H and O–H groups in total. The molecule has 0 spiro atoms. The molecule has 0 amide bonds. The second-order valence-corrected chi connectivity index (χ2v) is 9.80. The Morgan fingerprint density at radius 2 is 2.03 bits per heavy atom. The van der Waals surface area contributed by atoms with E-state index < -0.39 is 0 Å². The Balaban J connectivity index is 1.32. The Bertz CT molecular complexity index is 1260. The minimum Gasteiger partial charge on any atom is -0.452 e. The Kier molecular flexibility index (Phi) is 5.59. The molecular formula is C24H26FN5O2S. The molecule has 1 aliphatic carbocycles. The number of halogens is 1. The Hall–Kier alpha value is -2.78. The van der Waals surface area contributed by atoms with Gasteiger partial charge in [-0.2, -0.15) is 10.2 Å². The van der Waals surface area contributed by atoms with Gasteiger partial charge in [-0.1, -0.05) is 0 Å². The summed E-state index contributed by atoms with van der Waals surface area (Å²) in [5.41, 5.74) is 2.94.